The lowest BCUT2D eigenvalue weighted by Gasteiger charge is -2.27. The summed E-state index contributed by atoms with van der Waals surface area (Å²) in [6, 6.07) is 7.72. The molecule has 2 fully saturated rings. The largest absolute Gasteiger partial charge is 0.489 e. The number of carbonyl (C=O) groups is 3. The highest BCUT2D eigenvalue weighted by Crippen LogP contribution is 2.48. The van der Waals surface area contributed by atoms with Crippen LogP contribution in [0.1, 0.15) is 18.4 Å². The molecule has 2 unspecified atom stereocenters. The Labute approximate surface area is 217 Å². The van der Waals surface area contributed by atoms with Crippen LogP contribution in [0.25, 0.3) is 10.9 Å². The van der Waals surface area contributed by atoms with Crippen molar-refractivity contribution in [2.75, 3.05) is 11.9 Å². The number of urea groups is 1. The third kappa shape index (κ3) is 4.72. The van der Waals surface area contributed by atoms with Gasteiger partial charge < -0.3 is 26.0 Å². The van der Waals surface area contributed by atoms with Crippen LogP contribution >= 0.6 is 11.6 Å². The van der Waals surface area contributed by atoms with Crippen LogP contribution in [0.2, 0.25) is 5.02 Å². The number of benzene rings is 2. The maximum Gasteiger partial charge on any atom is 0.323 e. The van der Waals surface area contributed by atoms with E-state index in [4.69, 9.17) is 22.1 Å². The summed E-state index contributed by atoms with van der Waals surface area (Å²) in [6.45, 7) is 3.86. The minimum absolute atomic E-state index is 0.0237. The van der Waals surface area contributed by atoms with Crippen LogP contribution in [-0.2, 0) is 11.3 Å². The number of ether oxygens (including phenoxy) is 1. The number of hydrogen-bond acceptors (Lipinski definition) is 4. The summed E-state index contributed by atoms with van der Waals surface area (Å²) in [5, 5.41) is 6.13. The Morgan fingerprint density at radius 2 is 2.05 bits per heavy atom. The third-order valence-corrected chi connectivity index (χ3v) is 7.04. The zero-order valence-electron chi connectivity index (χ0n) is 19.7. The predicted octanol–water partition coefficient (Wildman–Crippen LogP) is 4.24. The van der Waals surface area contributed by atoms with E-state index in [0.29, 0.717) is 28.8 Å². The SMILES string of the molecule is C=CCOc1ccc2c(NC(=O)N3C4CC4C[C@H]3C(=O)NCc3cccc(Cl)c3F)cn(C(N)=O)c2c1. The first kappa shape index (κ1) is 24.6. The Morgan fingerprint density at radius 1 is 1.24 bits per heavy atom. The minimum Gasteiger partial charge on any atom is -0.489 e. The Kier molecular flexibility index (Phi) is 6.51. The molecule has 5 rings (SSSR count). The number of primary amides is 1. The van der Waals surface area contributed by atoms with E-state index in [1.165, 1.54) is 21.7 Å². The van der Waals surface area contributed by atoms with E-state index in [2.05, 4.69) is 17.2 Å². The molecule has 2 aliphatic rings. The molecule has 1 saturated heterocycles. The summed E-state index contributed by atoms with van der Waals surface area (Å²) in [7, 11) is 0. The van der Waals surface area contributed by atoms with Crippen LogP contribution in [0.15, 0.2) is 55.3 Å². The molecule has 3 atom stereocenters. The third-order valence-electron chi connectivity index (χ3n) is 6.75. The van der Waals surface area contributed by atoms with Crippen molar-refractivity contribution >= 4 is 46.2 Å². The summed E-state index contributed by atoms with van der Waals surface area (Å²) >= 11 is 5.83. The van der Waals surface area contributed by atoms with Gasteiger partial charge in [-0.25, -0.2) is 14.0 Å². The number of aromatic nitrogens is 1. The van der Waals surface area contributed by atoms with E-state index in [0.717, 1.165) is 6.42 Å². The fourth-order valence-electron chi connectivity index (χ4n) is 4.88. The lowest BCUT2D eigenvalue weighted by atomic mass is 10.1. The van der Waals surface area contributed by atoms with Crippen molar-refractivity contribution in [3.8, 4) is 5.75 Å². The van der Waals surface area contributed by atoms with Gasteiger partial charge in [0.1, 0.15) is 24.2 Å². The van der Waals surface area contributed by atoms with Crippen molar-refractivity contribution in [3.05, 3.63) is 71.7 Å². The normalized spacial score (nSPS) is 19.8. The summed E-state index contributed by atoms with van der Waals surface area (Å²) in [6.07, 6.45) is 4.38. The van der Waals surface area contributed by atoms with Gasteiger partial charge in [0.2, 0.25) is 5.91 Å². The number of anilines is 1. The topological polar surface area (TPSA) is 119 Å². The van der Waals surface area contributed by atoms with Crippen LogP contribution in [0.5, 0.6) is 5.75 Å². The molecule has 0 bridgehead atoms. The number of rotatable bonds is 7. The van der Waals surface area contributed by atoms with Crippen molar-refractivity contribution in [2.24, 2.45) is 11.7 Å². The van der Waals surface area contributed by atoms with Gasteiger partial charge >= 0.3 is 12.1 Å². The maximum absolute atomic E-state index is 14.2. The summed E-state index contributed by atoms with van der Waals surface area (Å²) in [5.41, 5.74) is 6.64. The van der Waals surface area contributed by atoms with Gasteiger partial charge in [0.25, 0.3) is 0 Å². The van der Waals surface area contributed by atoms with Crippen molar-refractivity contribution in [1.82, 2.24) is 14.8 Å². The van der Waals surface area contributed by atoms with Crippen molar-refractivity contribution in [1.29, 1.82) is 0 Å². The van der Waals surface area contributed by atoms with Crippen molar-refractivity contribution in [3.63, 3.8) is 0 Å². The highest BCUT2D eigenvalue weighted by molar-refractivity contribution is 6.30. The summed E-state index contributed by atoms with van der Waals surface area (Å²) in [4.78, 5) is 39.9. The highest BCUT2D eigenvalue weighted by atomic mass is 35.5. The first-order valence-electron chi connectivity index (χ1n) is 11.8. The summed E-state index contributed by atoms with van der Waals surface area (Å²) < 4.78 is 21.0. The molecule has 2 aromatic carbocycles. The fraction of sp³-hybridized carbons (Fsp3) is 0.269. The number of nitrogens with two attached hydrogens (primary N) is 1. The Morgan fingerprint density at radius 3 is 2.81 bits per heavy atom. The van der Waals surface area contributed by atoms with Crippen molar-refractivity contribution < 1.29 is 23.5 Å². The number of nitrogens with zero attached hydrogens (tertiary/aromatic N) is 2. The molecule has 1 aromatic heterocycles. The smallest absolute Gasteiger partial charge is 0.323 e. The van der Waals surface area contributed by atoms with Gasteiger partial charge in [-0.15, -0.1) is 0 Å². The number of halogens is 2. The molecule has 3 aromatic rings. The Hall–Kier alpha value is -4.05. The van der Waals surface area contributed by atoms with E-state index in [-0.39, 0.29) is 41.6 Å². The fourth-order valence-corrected chi connectivity index (χ4v) is 5.08. The molecule has 1 saturated carbocycles. The average molecular weight is 526 g/mol. The van der Waals surface area contributed by atoms with E-state index in [9.17, 15) is 18.8 Å². The van der Waals surface area contributed by atoms with Crippen LogP contribution < -0.4 is 21.1 Å². The monoisotopic (exact) mass is 525 g/mol. The second-order valence-corrected chi connectivity index (χ2v) is 9.52. The standard InChI is InChI=1S/C26H25ClFN5O4/c1-2-8-37-16-6-7-17-19(13-32(25(29)35)21(17)11-16)31-26(36)33-20-9-15(20)10-22(33)24(34)30-12-14-4-3-5-18(27)23(14)28/h2-7,11,13,15,20,22H,1,8-10,12H2,(H2,29,35)(H,30,34)(H,31,36)/t15?,20?,22-/m0/s1. The van der Waals surface area contributed by atoms with E-state index in [1.54, 1.807) is 36.4 Å². The number of fused-ring (bicyclic) bond motifs is 2. The van der Waals surface area contributed by atoms with Gasteiger partial charge in [0.15, 0.2) is 0 Å². The molecule has 37 heavy (non-hydrogen) atoms. The van der Waals surface area contributed by atoms with Crippen LogP contribution in [-0.4, -0.2) is 46.1 Å². The zero-order valence-corrected chi connectivity index (χ0v) is 20.5. The van der Waals surface area contributed by atoms with Gasteiger partial charge in [-0.2, -0.15) is 0 Å². The van der Waals surface area contributed by atoms with E-state index in [1.807, 2.05) is 0 Å². The second kappa shape index (κ2) is 9.78. The number of likely N-dealkylation sites (tertiary alicyclic amines) is 1. The lowest BCUT2D eigenvalue weighted by molar-refractivity contribution is -0.125. The number of hydrogen-bond donors (Lipinski definition) is 3. The quantitative estimate of drug-likeness (QED) is 0.400. The number of nitrogens with one attached hydrogen (secondary N) is 2. The van der Waals surface area contributed by atoms with Gasteiger partial charge in [-0.05, 0) is 37.0 Å². The molecule has 0 radical (unpaired) electrons. The van der Waals surface area contributed by atoms with Gasteiger partial charge in [0, 0.05) is 35.8 Å². The molecule has 1 aliphatic heterocycles. The molecule has 0 spiro atoms. The Bertz CT molecular complexity index is 1420. The van der Waals surface area contributed by atoms with Gasteiger partial charge in [-0.3, -0.25) is 9.36 Å². The van der Waals surface area contributed by atoms with Crippen LogP contribution in [0.4, 0.5) is 19.7 Å². The van der Waals surface area contributed by atoms with Gasteiger partial charge in [-0.1, -0.05) is 36.4 Å². The Balaban J connectivity index is 1.33. The lowest BCUT2D eigenvalue weighted by Crippen LogP contribution is -2.49. The average Bonchev–Trinajstić information content (AvgIpc) is 3.39. The van der Waals surface area contributed by atoms with Crippen LogP contribution in [0.3, 0.4) is 0 Å². The van der Waals surface area contributed by atoms with Crippen LogP contribution in [0, 0.1) is 11.7 Å². The number of amides is 4. The molecule has 11 heteroatoms. The first-order chi connectivity index (χ1) is 17.8. The molecular formula is C26H25ClFN5O4. The van der Waals surface area contributed by atoms with E-state index >= 15 is 0 Å². The number of piperidine rings is 1. The first-order valence-corrected chi connectivity index (χ1v) is 12.1. The van der Waals surface area contributed by atoms with E-state index < -0.39 is 23.9 Å². The molecule has 9 nitrogen and oxygen atoms in total. The molecular weight excluding hydrogens is 501 g/mol. The molecule has 4 N–H and O–H groups in total. The predicted molar refractivity (Wildman–Crippen MR) is 137 cm³/mol. The molecule has 2 heterocycles. The van der Waals surface area contributed by atoms with Crippen molar-refractivity contribution in [2.45, 2.75) is 31.5 Å². The second-order valence-electron chi connectivity index (χ2n) is 9.11. The highest BCUT2D eigenvalue weighted by Gasteiger charge is 2.56. The molecule has 192 valence electrons. The minimum atomic E-state index is -0.722. The zero-order chi connectivity index (χ0) is 26.3. The molecule has 4 amide bonds. The van der Waals surface area contributed by atoms with Gasteiger partial charge in [0.05, 0.1) is 16.2 Å². The molecule has 1 aliphatic carbocycles. The maximum atomic E-state index is 14.2. The summed E-state index contributed by atoms with van der Waals surface area (Å²) in [5.74, 6) is -0.206. The number of carbonyl (C=O) groups excluding carboxylic acids is 3.